The van der Waals surface area contributed by atoms with Crippen molar-refractivity contribution >= 4 is 115 Å². The molecule has 0 unspecified atom stereocenters. The van der Waals surface area contributed by atoms with Crippen molar-refractivity contribution in [3.05, 3.63) is 114 Å². The Morgan fingerprint density at radius 1 is 0.519 bits per heavy atom. The molecule has 10 heteroatoms. The second-order valence-electron chi connectivity index (χ2n) is 12.6. The number of hydrogen-bond acceptors (Lipinski definition) is 6. The molecule has 1 saturated heterocycles. The number of halogens is 1. The van der Waals surface area contributed by atoms with E-state index in [1.165, 1.54) is 60.3 Å². The Bertz CT molecular complexity index is 1990. The van der Waals surface area contributed by atoms with Gasteiger partial charge in [-0.25, -0.2) is 0 Å². The maximum Gasteiger partial charge on any atom is 2.00 e. The maximum atomic E-state index is 6.18. The molecule has 0 aromatic heterocycles. The molecule has 0 amide bonds. The van der Waals surface area contributed by atoms with Crippen LogP contribution < -0.4 is 4.40 Å². The molecule has 0 N–H and O–H groups in total. The van der Waals surface area contributed by atoms with Gasteiger partial charge in [0.2, 0.25) is 0 Å². The van der Waals surface area contributed by atoms with Crippen molar-refractivity contribution in [2.24, 2.45) is 0 Å². The van der Waals surface area contributed by atoms with Crippen molar-refractivity contribution in [2.45, 2.75) is 59.0 Å². The molecule has 0 aliphatic carbocycles. The summed E-state index contributed by atoms with van der Waals surface area (Å²) in [7, 11) is 0. The van der Waals surface area contributed by atoms with Gasteiger partial charge in [0.25, 0.3) is 0 Å². The van der Waals surface area contributed by atoms with Crippen LogP contribution in [-0.4, -0.2) is 97.5 Å². The van der Waals surface area contributed by atoms with Gasteiger partial charge in [0.1, 0.15) is 0 Å². The zero-order chi connectivity index (χ0) is 38.1. The number of rotatable bonds is 11. The first kappa shape index (κ1) is 46.8. The van der Waals surface area contributed by atoms with Gasteiger partial charge < -0.3 is 7.59 Å². The molecular formula is C44H59BrGe2MgO6. The summed E-state index contributed by atoms with van der Waals surface area (Å²) in [4.78, 5) is 0. The fraction of sp³-hybridized carbons (Fsp3) is 0.364. The Morgan fingerprint density at radius 2 is 0.889 bits per heavy atom. The molecule has 0 bridgehead atoms. The molecule has 6 nitrogen and oxygen atoms in total. The number of fused-ring (bicyclic) bond motifs is 6. The Labute approximate surface area is 357 Å². The average molecular weight is 933 g/mol. The van der Waals surface area contributed by atoms with E-state index in [9.17, 15) is 0 Å². The van der Waals surface area contributed by atoms with Crippen LogP contribution >= 0.6 is 15.9 Å². The van der Waals surface area contributed by atoms with E-state index in [1.807, 2.05) is 40.4 Å². The van der Waals surface area contributed by atoms with Gasteiger partial charge >= 0.3 is 230 Å². The predicted molar refractivity (Wildman–Crippen MR) is 240 cm³/mol. The van der Waals surface area contributed by atoms with Crippen molar-refractivity contribution in [2.75, 3.05) is 46.2 Å². The molecule has 6 aromatic carbocycles. The largest absolute Gasteiger partial charge is 2.00 e. The van der Waals surface area contributed by atoms with E-state index in [1.54, 1.807) is 0 Å². The van der Waals surface area contributed by atoms with Gasteiger partial charge in [0.15, 0.2) is 0 Å². The summed E-state index contributed by atoms with van der Waals surface area (Å²) in [5.41, 5.74) is 0. The molecular weight excluding hydrogens is 874 g/mol. The van der Waals surface area contributed by atoms with E-state index in [0.29, 0.717) is 33.0 Å². The molecule has 1 fully saturated rings. The zero-order valence-corrected chi connectivity index (χ0v) is 40.5. The molecule has 0 spiro atoms. The third-order valence-electron chi connectivity index (χ3n) is 8.86. The van der Waals surface area contributed by atoms with Gasteiger partial charge in [-0.3, -0.25) is 0 Å². The Kier molecular flexibility index (Phi) is 21.1. The smallest absolute Gasteiger partial charge is 1.00 e. The first-order chi connectivity index (χ1) is 25.7. The third kappa shape index (κ3) is 13.0. The summed E-state index contributed by atoms with van der Waals surface area (Å²) in [6, 6.07) is 38.5. The fourth-order valence-electron chi connectivity index (χ4n) is 6.61. The van der Waals surface area contributed by atoms with Gasteiger partial charge in [-0.05, 0) is 40.5 Å². The first-order valence-electron chi connectivity index (χ1n) is 19.0. The van der Waals surface area contributed by atoms with E-state index >= 15 is 0 Å². The van der Waals surface area contributed by atoms with E-state index in [2.05, 4.69) is 131 Å². The Balaban J connectivity index is 0.000000403. The average Bonchev–Trinajstić information content (AvgIpc) is 3.77. The van der Waals surface area contributed by atoms with Crippen LogP contribution in [0.15, 0.2) is 114 Å². The van der Waals surface area contributed by atoms with E-state index in [4.69, 9.17) is 23.6 Å². The monoisotopic (exact) mass is 934 g/mol. The van der Waals surface area contributed by atoms with E-state index in [0.717, 1.165) is 17.7 Å². The van der Waals surface area contributed by atoms with Crippen molar-refractivity contribution in [1.29, 1.82) is 0 Å². The summed E-state index contributed by atoms with van der Waals surface area (Å²) in [5, 5.41) is 10.3. The van der Waals surface area contributed by atoms with Gasteiger partial charge in [-0.15, -0.1) is 0 Å². The molecule has 1 aliphatic heterocycles. The van der Waals surface area contributed by atoms with Crippen LogP contribution in [0, 0.1) is 0 Å². The Morgan fingerprint density at radius 3 is 1.31 bits per heavy atom. The summed E-state index contributed by atoms with van der Waals surface area (Å²) in [6.45, 7) is 15.4. The van der Waals surface area contributed by atoms with Crippen LogP contribution in [-0.2, 0) is 23.6 Å². The van der Waals surface area contributed by atoms with Crippen molar-refractivity contribution in [3.63, 3.8) is 0 Å². The van der Waals surface area contributed by atoms with Crippen molar-refractivity contribution < 1.29 is 26.4 Å². The van der Waals surface area contributed by atoms with Crippen LogP contribution in [0.2, 0.25) is 11.5 Å². The topological polar surface area (TPSA) is 55.4 Å². The number of hydrogen-bond donors (Lipinski definition) is 0. The molecule has 54 heavy (non-hydrogen) atoms. The molecule has 0 radical (unpaired) electrons. The van der Waals surface area contributed by atoms with Crippen LogP contribution in [0.1, 0.15) is 50.3 Å². The summed E-state index contributed by atoms with van der Waals surface area (Å²) >= 11 is -2.12. The molecule has 0 atom stereocenters. The van der Waals surface area contributed by atoms with Crippen LogP contribution in [0.25, 0.3) is 43.1 Å². The molecule has 288 valence electrons. The standard InChI is InChI=1S/C19H22GeO2.C14H9Br.C7H18GeO3.C4H8O.Mg.2H/c1-4-21-20(3,22-5-2)19-14-15-10-6-7-11-16(15)17-12-8-9-13-18(17)19;15-14-9-10-5-1-2-6-11(10)12-7-3-4-8-13(12)14;1-5-9-8(4,10-6-2)11-7-3;1-2-4-5-3-1;;;/h6-14H,4-5H2,1-3H3;1-9H;5-7H2,1-4H3;1-4H2;;;/q;;;;+2;2*-1. The third-order valence-corrected chi connectivity index (χ3v) is 21.1. The summed E-state index contributed by atoms with van der Waals surface area (Å²) < 4.78 is 36.1. The molecule has 0 saturated carbocycles. The summed E-state index contributed by atoms with van der Waals surface area (Å²) in [6.07, 6.45) is 2.56. The molecule has 1 heterocycles. The van der Waals surface area contributed by atoms with E-state index < -0.39 is 28.2 Å². The second-order valence-corrected chi connectivity index (χ2v) is 25.2. The SMILES string of the molecule is Brc1cc2ccccc2c2ccccc12.C1CCOC1.CC[O][Ge]([CH3])([O]CC)[O]CC.CC[O][Ge]([CH3])([O]CC)[c]1cc2ccccc2c2ccccc12.[H-].[H-].[Mg+2]. The van der Waals surface area contributed by atoms with E-state index in [-0.39, 0.29) is 25.9 Å². The van der Waals surface area contributed by atoms with Gasteiger partial charge in [0, 0.05) is 17.7 Å². The minimum Gasteiger partial charge on any atom is -1.00 e. The minimum absolute atomic E-state index is 0. The van der Waals surface area contributed by atoms with Crippen LogP contribution in [0.3, 0.4) is 0 Å². The number of ether oxygens (including phenoxy) is 1. The second kappa shape index (κ2) is 24.3. The molecule has 7 rings (SSSR count). The normalized spacial score (nSPS) is 12.7. The van der Waals surface area contributed by atoms with Gasteiger partial charge in [0.05, 0.1) is 0 Å². The van der Waals surface area contributed by atoms with Crippen LogP contribution in [0.4, 0.5) is 0 Å². The minimum atomic E-state index is -2.99. The van der Waals surface area contributed by atoms with Gasteiger partial charge in [-0.1, -0.05) is 64.5 Å². The Hall–Kier alpha value is -1.55. The van der Waals surface area contributed by atoms with Crippen molar-refractivity contribution in [3.8, 4) is 0 Å². The predicted octanol–water partition coefficient (Wildman–Crippen LogP) is 11.4. The fourth-order valence-corrected chi connectivity index (χ4v) is 16.5. The van der Waals surface area contributed by atoms with Crippen molar-refractivity contribution in [1.82, 2.24) is 0 Å². The first-order valence-corrected chi connectivity index (χ1v) is 29.3. The summed E-state index contributed by atoms with van der Waals surface area (Å²) in [5.74, 6) is 4.17. The van der Waals surface area contributed by atoms with Gasteiger partial charge in [-0.2, -0.15) is 0 Å². The quantitative estimate of drug-likeness (QED) is 0.0953. The molecule has 6 aromatic rings. The van der Waals surface area contributed by atoms with Crippen LogP contribution in [0.5, 0.6) is 0 Å². The number of benzene rings is 6. The molecule has 1 aliphatic rings. The zero-order valence-electron chi connectivity index (χ0n) is 35.3. The maximum absolute atomic E-state index is 6.18.